The van der Waals surface area contributed by atoms with Crippen LogP contribution in [0.25, 0.3) is 0 Å². The summed E-state index contributed by atoms with van der Waals surface area (Å²) in [5.41, 5.74) is 1.68. The minimum Gasteiger partial charge on any atom is -0.311 e. The lowest BCUT2D eigenvalue weighted by atomic mass is 9.77. The molecule has 104 valence electrons. The van der Waals surface area contributed by atoms with Crippen LogP contribution in [-0.2, 0) is 11.2 Å². The molecule has 20 heavy (non-hydrogen) atoms. The van der Waals surface area contributed by atoms with E-state index in [2.05, 4.69) is 11.4 Å². The molecule has 3 heteroatoms. The number of carbonyl (C=O) groups excluding carboxylic acids is 1. The van der Waals surface area contributed by atoms with Crippen molar-refractivity contribution in [3.63, 3.8) is 0 Å². The molecule has 2 saturated heterocycles. The molecule has 2 heterocycles. The fourth-order valence-electron chi connectivity index (χ4n) is 3.57. The van der Waals surface area contributed by atoms with Crippen molar-refractivity contribution in [1.82, 2.24) is 5.32 Å². The average molecular weight is 268 g/mol. The van der Waals surface area contributed by atoms with Crippen LogP contribution < -0.4 is 5.32 Å². The number of Topliss-reactive ketones (excluding diaryl/α,β-unsaturated/α-hetero) is 1. The maximum Gasteiger partial charge on any atom is 0.140 e. The Morgan fingerprint density at radius 3 is 2.45 bits per heavy atom. The third-order valence-electron chi connectivity index (χ3n) is 4.63. The zero-order chi connectivity index (χ0) is 13.9. The van der Waals surface area contributed by atoms with Gasteiger partial charge in [-0.3, -0.25) is 4.79 Å². The number of hydrogen-bond donors (Lipinski definition) is 1. The zero-order valence-corrected chi connectivity index (χ0v) is 11.6. The lowest BCUT2D eigenvalue weighted by Crippen LogP contribution is -2.50. The van der Waals surface area contributed by atoms with Gasteiger partial charge in [0.15, 0.2) is 0 Å². The number of rotatable bonds is 3. The minimum atomic E-state index is 0.224. The molecule has 1 aromatic rings. The molecule has 2 bridgehead atoms. The van der Waals surface area contributed by atoms with E-state index in [-0.39, 0.29) is 5.92 Å². The Kier molecular flexibility index (Phi) is 3.84. The van der Waals surface area contributed by atoms with E-state index in [1.54, 1.807) is 12.1 Å². The first-order valence-corrected chi connectivity index (χ1v) is 7.52. The van der Waals surface area contributed by atoms with Gasteiger partial charge in [0.25, 0.3) is 0 Å². The van der Waals surface area contributed by atoms with Crippen LogP contribution in [-0.4, -0.2) is 17.9 Å². The fourth-order valence-corrected chi connectivity index (χ4v) is 3.57. The molecule has 1 aromatic carbocycles. The van der Waals surface area contributed by atoms with E-state index in [4.69, 9.17) is 5.26 Å². The van der Waals surface area contributed by atoms with E-state index in [9.17, 15) is 4.79 Å². The minimum absolute atomic E-state index is 0.224. The summed E-state index contributed by atoms with van der Waals surface area (Å²) in [5, 5.41) is 12.4. The van der Waals surface area contributed by atoms with Crippen LogP contribution in [0.3, 0.4) is 0 Å². The van der Waals surface area contributed by atoms with Gasteiger partial charge in [-0.15, -0.1) is 0 Å². The second-order valence-corrected chi connectivity index (χ2v) is 6.11. The van der Waals surface area contributed by atoms with E-state index < -0.39 is 0 Å². The highest BCUT2D eigenvalue weighted by Gasteiger charge is 2.34. The first-order chi connectivity index (χ1) is 9.74. The molecule has 0 saturated carbocycles. The van der Waals surface area contributed by atoms with Crippen molar-refractivity contribution in [2.75, 3.05) is 0 Å². The maximum absolute atomic E-state index is 12.5. The van der Waals surface area contributed by atoms with E-state index in [1.807, 2.05) is 12.1 Å². The average Bonchev–Trinajstić information content (AvgIpc) is 2.47. The molecule has 3 nitrogen and oxygen atoms in total. The van der Waals surface area contributed by atoms with Crippen molar-refractivity contribution in [3.05, 3.63) is 35.4 Å². The molecule has 0 spiro atoms. The highest BCUT2D eigenvalue weighted by Crippen LogP contribution is 2.30. The Hall–Kier alpha value is -1.66. The molecule has 0 aromatic heterocycles. The van der Waals surface area contributed by atoms with Gasteiger partial charge in [0, 0.05) is 24.4 Å². The van der Waals surface area contributed by atoms with Crippen molar-refractivity contribution in [1.29, 1.82) is 5.26 Å². The number of piperidine rings is 2. The van der Waals surface area contributed by atoms with Crippen LogP contribution in [0.5, 0.6) is 0 Å². The van der Waals surface area contributed by atoms with Gasteiger partial charge < -0.3 is 5.32 Å². The van der Waals surface area contributed by atoms with E-state index in [0.29, 0.717) is 29.9 Å². The van der Waals surface area contributed by atoms with Gasteiger partial charge >= 0.3 is 0 Å². The van der Waals surface area contributed by atoms with Gasteiger partial charge in [0.2, 0.25) is 0 Å². The van der Waals surface area contributed by atoms with Gasteiger partial charge in [-0.25, -0.2) is 0 Å². The molecular weight excluding hydrogens is 248 g/mol. The van der Waals surface area contributed by atoms with Crippen LogP contribution in [0, 0.1) is 17.2 Å². The molecule has 2 atom stereocenters. The first kappa shape index (κ1) is 13.3. The molecular formula is C17H20N2O. The maximum atomic E-state index is 12.5. The summed E-state index contributed by atoms with van der Waals surface area (Å²) >= 11 is 0. The van der Waals surface area contributed by atoms with Crippen LogP contribution in [0.4, 0.5) is 0 Å². The van der Waals surface area contributed by atoms with Crippen molar-refractivity contribution >= 4 is 5.78 Å². The molecule has 2 unspecified atom stereocenters. The molecule has 2 aliphatic heterocycles. The topological polar surface area (TPSA) is 52.9 Å². The fraction of sp³-hybridized carbons (Fsp3) is 0.529. The van der Waals surface area contributed by atoms with E-state index >= 15 is 0 Å². The van der Waals surface area contributed by atoms with Crippen LogP contribution >= 0.6 is 0 Å². The van der Waals surface area contributed by atoms with Crippen molar-refractivity contribution < 1.29 is 4.79 Å². The standard InChI is InChI=1S/C17H20N2O/c18-11-13-6-4-12(5-7-13)8-17(20)14-9-15-2-1-3-16(10-14)19-15/h4-7,14-16,19H,1-3,8-10H2. The lowest BCUT2D eigenvalue weighted by molar-refractivity contribution is -0.124. The molecule has 0 amide bonds. The SMILES string of the molecule is N#Cc1ccc(CC(=O)C2CC3CCCC(C2)N3)cc1. The smallest absolute Gasteiger partial charge is 0.140 e. The summed E-state index contributed by atoms with van der Waals surface area (Å²) in [6, 6.07) is 10.6. The van der Waals surface area contributed by atoms with Crippen molar-refractivity contribution in [2.45, 2.75) is 50.6 Å². The predicted octanol–water partition coefficient (Wildman–Crippen LogP) is 2.59. The summed E-state index contributed by atoms with van der Waals surface area (Å²) in [5.74, 6) is 0.593. The van der Waals surface area contributed by atoms with Gasteiger partial charge in [0.05, 0.1) is 11.6 Å². The monoisotopic (exact) mass is 268 g/mol. The molecule has 1 N–H and O–H groups in total. The third-order valence-corrected chi connectivity index (χ3v) is 4.63. The number of fused-ring (bicyclic) bond motifs is 2. The zero-order valence-electron chi connectivity index (χ0n) is 11.6. The van der Waals surface area contributed by atoms with Gasteiger partial charge in [-0.05, 0) is 43.4 Å². The summed E-state index contributed by atoms with van der Waals surface area (Å²) < 4.78 is 0. The highest BCUT2D eigenvalue weighted by atomic mass is 16.1. The van der Waals surface area contributed by atoms with Gasteiger partial charge in [-0.2, -0.15) is 5.26 Å². The number of nitrogens with one attached hydrogen (secondary N) is 1. The molecule has 0 radical (unpaired) electrons. The second-order valence-electron chi connectivity index (χ2n) is 6.11. The summed E-state index contributed by atoms with van der Waals surface area (Å²) in [4.78, 5) is 12.5. The Bertz CT molecular complexity index is 517. The Morgan fingerprint density at radius 2 is 1.85 bits per heavy atom. The molecule has 3 rings (SSSR count). The molecule has 2 fully saturated rings. The Balaban J connectivity index is 1.62. The normalized spacial score (nSPS) is 28.6. The van der Waals surface area contributed by atoms with Crippen molar-refractivity contribution in [2.24, 2.45) is 5.92 Å². The first-order valence-electron chi connectivity index (χ1n) is 7.52. The van der Waals surface area contributed by atoms with E-state index in [1.165, 1.54) is 19.3 Å². The largest absolute Gasteiger partial charge is 0.311 e. The predicted molar refractivity (Wildman–Crippen MR) is 77.2 cm³/mol. The lowest BCUT2D eigenvalue weighted by Gasteiger charge is -2.39. The van der Waals surface area contributed by atoms with Crippen molar-refractivity contribution in [3.8, 4) is 6.07 Å². The summed E-state index contributed by atoms with van der Waals surface area (Å²) in [7, 11) is 0. The number of benzene rings is 1. The number of ketones is 1. The second kappa shape index (κ2) is 5.76. The number of carbonyl (C=O) groups is 1. The number of nitrogens with zero attached hydrogens (tertiary/aromatic N) is 1. The Labute approximate surface area is 120 Å². The highest BCUT2D eigenvalue weighted by molar-refractivity contribution is 5.83. The number of nitriles is 1. The Morgan fingerprint density at radius 1 is 1.20 bits per heavy atom. The quantitative estimate of drug-likeness (QED) is 0.916. The van der Waals surface area contributed by atoms with Crippen LogP contribution in [0.15, 0.2) is 24.3 Å². The number of hydrogen-bond acceptors (Lipinski definition) is 3. The van der Waals surface area contributed by atoms with Gasteiger partial charge in [0.1, 0.15) is 5.78 Å². The third kappa shape index (κ3) is 2.91. The summed E-state index contributed by atoms with van der Waals surface area (Å²) in [6.45, 7) is 0. The van der Waals surface area contributed by atoms with Crippen LogP contribution in [0.2, 0.25) is 0 Å². The molecule has 0 aliphatic carbocycles. The van der Waals surface area contributed by atoms with Gasteiger partial charge in [-0.1, -0.05) is 18.6 Å². The summed E-state index contributed by atoms with van der Waals surface area (Å²) in [6.07, 6.45) is 6.26. The molecule has 2 aliphatic rings. The van der Waals surface area contributed by atoms with Crippen LogP contribution in [0.1, 0.15) is 43.2 Å². The van der Waals surface area contributed by atoms with E-state index in [0.717, 1.165) is 18.4 Å².